The Balaban J connectivity index is 1.86. The molecule has 2 amide bonds. The van der Waals surface area contributed by atoms with Crippen LogP contribution in [-0.2, 0) is 19.6 Å². The number of anilines is 1. The number of rotatable bonds is 5. The number of ether oxygens (including phenoxy) is 1. The first-order valence-corrected chi connectivity index (χ1v) is 9.92. The van der Waals surface area contributed by atoms with Crippen molar-refractivity contribution in [2.45, 2.75) is 23.8 Å². The number of halogens is 1. The largest absolute Gasteiger partial charge is 0.497 e. The van der Waals surface area contributed by atoms with Crippen LogP contribution in [0.3, 0.4) is 0 Å². The lowest BCUT2D eigenvalue weighted by Crippen LogP contribution is -2.45. The standard InChI is InChI=1S/C18H17ClN2O5S/c1-26-14-6-8-15(9-7-14)27(24,25)21-16(10-11-17(21)22)18(23)20-13-4-2-12(19)3-5-13/h2-9,16H,10-11H2,1H3,(H,20,23)/t16-/m1/s1. The highest BCUT2D eigenvalue weighted by molar-refractivity contribution is 7.89. The van der Waals surface area contributed by atoms with Crippen molar-refractivity contribution in [2.75, 3.05) is 12.4 Å². The maximum Gasteiger partial charge on any atom is 0.267 e. The van der Waals surface area contributed by atoms with E-state index in [4.69, 9.17) is 16.3 Å². The van der Waals surface area contributed by atoms with Crippen LogP contribution in [0.5, 0.6) is 5.75 Å². The Hall–Kier alpha value is -2.58. The van der Waals surface area contributed by atoms with Gasteiger partial charge < -0.3 is 10.1 Å². The Kier molecular flexibility index (Phi) is 5.38. The molecule has 1 fully saturated rings. The molecule has 3 rings (SSSR count). The molecular weight excluding hydrogens is 392 g/mol. The van der Waals surface area contributed by atoms with Gasteiger partial charge in [-0.05, 0) is 55.0 Å². The number of hydrogen-bond acceptors (Lipinski definition) is 5. The molecule has 1 aliphatic heterocycles. The predicted octanol–water partition coefficient (Wildman–Crippen LogP) is 2.67. The molecule has 0 saturated carbocycles. The van der Waals surface area contributed by atoms with Gasteiger partial charge >= 0.3 is 0 Å². The van der Waals surface area contributed by atoms with Gasteiger partial charge in [-0.1, -0.05) is 11.6 Å². The second-order valence-electron chi connectivity index (χ2n) is 5.92. The van der Waals surface area contributed by atoms with Crippen LogP contribution in [0.25, 0.3) is 0 Å². The second kappa shape index (κ2) is 7.58. The van der Waals surface area contributed by atoms with Crippen molar-refractivity contribution in [3.8, 4) is 5.75 Å². The predicted molar refractivity (Wildman–Crippen MR) is 100 cm³/mol. The molecule has 1 N–H and O–H groups in total. The van der Waals surface area contributed by atoms with E-state index in [0.29, 0.717) is 20.8 Å². The zero-order chi connectivity index (χ0) is 19.6. The van der Waals surface area contributed by atoms with Gasteiger partial charge in [0.1, 0.15) is 11.8 Å². The van der Waals surface area contributed by atoms with E-state index in [-0.39, 0.29) is 17.7 Å². The summed E-state index contributed by atoms with van der Waals surface area (Å²) in [6, 6.07) is 10.9. The molecule has 2 aromatic carbocycles. The van der Waals surface area contributed by atoms with Crippen molar-refractivity contribution in [3.05, 3.63) is 53.6 Å². The molecular formula is C18H17ClN2O5S. The Bertz CT molecular complexity index is 958. The molecule has 0 radical (unpaired) electrons. The number of nitrogens with one attached hydrogen (secondary N) is 1. The molecule has 1 aliphatic rings. The first kappa shape index (κ1) is 19.2. The molecule has 1 saturated heterocycles. The highest BCUT2D eigenvalue weighted by atomic mass is 35.5. The molecule has 142 valence electrons. The van der Waals surface area contributed by atoms with Gasteiger partial charge in [0.2, 0.25) is 11.8 Å². The SMILES string of the molecule is COc1ccc(S(=O)(=O)N2C(=O)CC[C@@H]2C(=O)Nc2ccc(Cl)cc2)cc1. The summed E-state index contributed by atoms with van der Waals surface area (Å²) in [5.74, 6) is -0.693. The van der Waals surface area contributed by atoms with Gasteiger partial charge in [0, 0.05) is 17.1 Å². The van der Waals surface area contributed by atoms with Crippen LogP contribution in [-0.4, -0.2) is 37.7 Å². The first-order chi connectivity index (χ1) is 12.8. The quantitative estimate of drug-likeness (QED) is 0.821. The van der Waals surface area contributed by atoms with Crippen LogP contribution in [0.1, 0.15) is 12.8 Å². The van der Waals surface area contributed by atoms with Crippen LogP contribution in [0, 0.1) is 0 Å². The average molecular weight is 409 g/mol. The molecule has 0 spiro atoms. The average Bonchev–Trinajstić information content (AvgIpc) is 3.06. The molecule has 0 aliphatic carbocycles. The fourth-order valence-corrected chi connectivity index (χ4v) is 4.55. The number of hydrogen-bond donors (Lipinski definition) is 1. The van der Waals surface area contributed by atoms with Gasteiger partial charge in [-0.3, -0.25) is 9.59 Å². The van der Waals surface area contributed by atoms with Crippen LogP contribution in [0.15, 0.2) is 53.4 Å². The molecule has 0 unspecified atom stereocenters. The number of methoxy groups -OCH3 is 1. The van der Waals surface area contributed by atoms with Gasteiger partial charge in [0.25, 0.3) is 10.0 Å². The van der Waals surface area contributed by atoms with E-state index in [1.165, 1.54) is 31.4 Å². The van der Waals surface area contributed by atoms with E-state index >= 15 is 0 Å². The topological polar surface area (TPSA) is 92.8 Å². The summed E-state index contributed by atoms with van der Waals surface area (Å²) in [6.45, 7) is 0. The lowest BCUT2D eigenvalue weighted by molar-refractivity contribution is -0.128. The molecule has 0 bridgehead atoms. The van der Waals surface area contributed by atoms with Crippen LogP contribution in [0.2, 0.25) is 5.02 Å². The summed E-state index contributed by atoms with van der Waals surface area (Å²) in [7, 11) is -2.70. The number of carbonyl (C=O) groups excluding carboxylic acids is 2. The van der Waals surface area contributed by atoms with E-state index in [0.717, 1.165) is 0 Å². The lowest BCUT2D eigenvalue weighted by atomic mass is 10.2. The van der Waals surface area contributed by atoms with E-state index in [1.807, 2.05) is 0 Å². The summed E-state index contributed by atoms with van der Waals surface area (Å²) in [6.07, 6.45) is 0.0989. The number of nitrogens with zero attached hydrogens (tertiary/aromatic N) is 1. The van der Waals surface area contributed by atoms with Crippen LogP contribution < -0.4 is 10.1 Å². The van der Waals surface area contributed by atoms with E-state index in [2.05, 4.69) is 5.32 Å². The fraction of sp³-hybridized carbons (Fsp3) is 0.222. The third kappa shape index (κ3) is 3.91. The number of sulfonamides is 1. The third-order valence-corrected chi connectivity index (χ3v) is 6.29. The van der Waals surface area contributed by atoms with E-state index in [9.17, 15) is 18.0 Å². The summed E-state index contributed by atoms with van der Waals surface area (Å²) in [4.78, 5) is 24.8. The van der Waals surface area contributed by atoms with Crippen molar-refractivity contribution in [3.63, 3.8) is 0 Å². The minimum atomic E-state index is -4.16. The van der Waals surface area contributed by atoms with Crippen molar-refractivity contribution >= 4 is 39.1 Å². The van der Waals surface area contributed by atoms with Gasteiger partial charge in [0.15, 0.2) is 0 Å². The van der Waals surface area contributed by atoms with Crippen molar-refractivity contribution in [2.24, 2.45) is 0 Å². The molecule has 2 aromatic rings. The molecule has 1 atom stereocenters. The van der Waals surface area contributed by atoms with E-state index < -0.39 is 27.9 Å². The number of carbonyl (C=O) groups is 2. The zero-order valence-corrected chi connectivity index (χ0v) is 16.0. The summed E-state index contributed by atoms with van der Waals surface area (Å²) in [5, 5.41) is 3.13. The highest BCUT2D eigenvalue weighted by Gasteiger charge is 2.44. The molecule has 7 nitrogen and oxygen atoms in total. The summed E-state index contributed by atoms with van der Waals surface area (Å²) >= 11 is 5.81. The maximum atomic E-state index is 12.9. The summed E-state index contributed by atoms with van der Waals surface area (Å²) < 4.78 is 31.5. The van der Waals surface area contributed by atoms with Crippen molar-refractivity contribution in [1.82, 2.24) is 4.31 Å². The smallest absolute Gasteiger partial charge is 0.267 e. The number of benzene rings is 2. The zero-order valence-electron chi connectivity index (χ0n) is 14.4. The Morgan fingerprint density at radius 3 is 2.37 bits per heavy atom. The van der Waals surface area contributed by atoms with Crippen LogP contribution in [0.4, 0.5) is 5.69 Å². The Morgan fingerprint density at radius 2 is 1.78 bits per heavy atom. The van der Waals surface area contributed by atoms with Gasteiger partial charge in [-0.2, -0.15) is 0 Å². The Labute approximate surface area is 161 Å². The normalized spacial score (nSPS) is 17.0. The van der Waals surface area contributed by atoms with Crippen LogP contribution >= 0.6 is 11.6 Å². The van der Waals surface area contributed by atoms with Gasteiger partial charge in [-0.25, -0.2) is 12.7 Å². The highest BCUT2D eigenvalue weighted by Crippen LogP contribution is 2.29. The van der Waals surface area contributed by atoms with Gasteiger partial charge in [-0.15, -0.1) is 0 Å². The molecule has 9 heteroatoms. The molecule has 27 heavy (non-hydrogen) atoms. The third-order valence-electron chi connectivity index (χ3n) is 4.19. The minimum Gasteiger partial charge on any atom is -0.497 e. The maximum absolute atomic E-state index is 12.9. The number of amides is 2. The van der Waals surface area contributed by atoms with Crippen molar-refractivity contribution < 1.29 is 22.7 Å². The monoisotopic (exact) mass is 408 g/mol. The fourth-order valence-electron chi connectivity index (χ4n) is 2.82. The van der Waals surface area contributed by atoms with Crippen molar-refractivity contribution in [1.29, 1.82) is 0 Å². The van der Waals surface area contributed by atoms with E-state index in [1.54, 1.807) is 24.3 Å². The lowest BCUT2D eigenvalue weighted by Gasteiger charge is -2.23. The summed E-state index contributed by atoms with van der Waals surface area (Å²) in [5.41, 5.74) is 0.463. The first-order valence-electron chi connectivity index (χ1n) is 8.10. The second-order valence-corrected chi connectivity index (χ2v) is 8.17. The van der Waals surface area contributed by atoms with Gasteiger partial charge in [0.05, 0.1) is 12.0 Å². The molecule has 1 heterocycles. The minimum absolute atomic E-state index is 0.0198. The Morgan fingerprint density at radius 1 is 1.15 bits per heavy atom. The molecule has 0 aromatic heterocycles.